The third-order valence-electron chi connectivity index (χ3n) is 0.943. The highest BCUT2D eigenvalue weighted by Gasteiger charge is 2.29. The minimum atomic E-state index is -3.56. The van der Waals surface area contributed by atoms with Crippen LogP contribution in [-0.4, -0.2) is 15.1 Å². The van der Waals surface area contributed by atoms with Crippen LogP contribution in [0.2, 0.25) is 0 Å². The minimum absolute atomic E-state index is 0.532. The summed E-state index contributed by atoms with van der Waals surface area (Å²) in [5.41, 5.74) is -0.716. The molecule has 0 spiro atoms. The van der Waals surface area contributed by atoms with E-state index in [1.165, 1.54) is 0 Å². The first-order valence-corrected chi connectivity index (χ1v) is 2.96. The molecule has 0 saturated carbocycles. The van der Waals surface area contributed by atoms with Gasteiger partial charge in [0.15, 0.2) is 0 Å². The summed E-state index contributed by atoms with van der Waals surface area (Å²) in [4.78, 5) is 6.36. The van der Waals surface area contributed by atoms with E-state index < -0.39 is 17.0 Å². The summed E-state index contributed by atoms with van der Waals surface area (Å²) in [6, 6.07) is 0.701. The number of nitrogens with zero attached hydrogens (tertiary/aromatic N) is 2. The number of hydrogen-bond acceptors (Lipinski definition) is 3. The first kappa shape index (κ1) is 8.13. The Labute approximate surface area is 65.7 Å². The fourth-order valence-corrected chi connectivity index (χ4v) is 0.605. The summed E-state index contributed by atoms with van der Waals surface area (Å²) in [6.07, 6.45) is 0.807. The van der Waals surface area contributed by atoms with Crippen LogP contribution in [0.15, 0.2) is 12.4 Å². The Morgan fingerprint density at radius 3 is 2.45 bits per heavy atom. The molecule has 0 aromatic carbocycles. The minimum Gasteiger partial charge on any atom is -0.493 e. The van der Waals surface area contributed by atoms with Crippen LogP contribution in [-0.2, 0) is 5.38 Å². The van der Waals surface area contributed by atoms with Gasteiger partial charge in [-0.3, -0.25) is 0 Å². The maximum atomic E-state index is 12.2. The molecule has 1 aromatic heterocycles. The molecule has 0 aliphatic heterocycles. The topological polar surface area (TPSA) is 46.0 Å². The molecule has 1 N–H and O–H groups in total. The molecule has 0 saturated heterocycles. The number of alkyl halides is 3. The van der Waals surface area contributed by atoms with Crippen molar-refractivity contribution in [3.63, 3.8) is 0 Å². The van der Waals surface area contributed by atoms with Gasteiger partial charge in [0.1, 0.15) is 12.0 Å². The molecule has 0 atom stereocenters. The highest BCUT2D eigenvalue weighted by atomic mass is 35.5. The molecule has 1 aromatic rings. The van der Waals surface area contributed by atoms with Gasteiger partial charge in [-0.1, -0.05) is 0 Å². The molecular weight excluding hydrogens is 178 g/mol. The van der Waals surface area contributed by atoms with E-state index in [9.17, 15) is 8.78 Å². The van der Waals surface area contributed by atoms with Gasteiger partial charge in [0, 0.05) is 6.07 Å². The maximum Gasteiger partial charge on any atom is 0.365 e. The molecule has 0 aliphatic rings. The second-order valence-corrected chi connectivity index (χ2v) is 2.23. The Morgan fingerprint density at radius 1 is 1.45 bits per heavy atom. The van der Waals surface area contributed by atoms with Crippen molar-refractivity contribution in [3.05, 3.63) is 18.1 Å². The Balaban J connectivity index is 3.06. The van der Waals surface area contributed by atoms with Crippen molar-refractivity contribution in [2.45, 2.75) is 5.38 Å². The normalized spacial score (nSPS) is 11.5. The Morgan fingerprint density at radius 2 is 2.09 bits per heavy atom. The number of halogens is 3. The van der Waals surface area contributed by atoms with Gasteiger partial charge >= 0.3 is 5.38 Å². The van der Waals surface area contributed by atoms with Crippen LogP contribution in [0.1, 0.15) is 5.69 Å². The van der Waals surface area contributed by atoms with Crippen LogP contribution < -0.4 is 0 Å². The van der Waals surface area contributed by atoms with Crippen LogP contribution in [0.4, 0.5) is 8.78 Å². The van der Waals surface area contributed by atoms with Gasteiger partial charge in [-0.25, -0.2) is 9.97 Å². The summed E-state index contributed by atoms with van der Waals surface area (Å²) in [5.74, 6) is -0.532. The fraction of sp³-hybridized carbons (Fsp3) is 0.200. The average molecular weight is 181 g/mol. The first-order chi connectivity index (χ1) is 5.00. The van der Waals surface area contributed by atoms with Crippen molar-refractivity contribution >= 4 is 11.6 Å². The second-order valence-electron chi connectivity index (χ2n) is 1.76. The summed E-state index contributed by atoms with van der Waals surface area (Å²) in [7, 11) is 0. The van der Waals surface area contributed by atoms with E-state index in [0.29, 0.717) is 6.07 Å². The van der Waals surface area contributed by atoms with E-state index in [4.69, 9.17) is 5.11 Å². The van der Waals surface area contributed by atoms with Gasteiger partial charge in [0.2, 0.25) is 5.88 Å². The highest BCUT2D eigenvalue weighted by Crippen LogP contribution is 2.31. The SMILES string of the molecule is Oc1cc(C(F)(F)Cl)ncn1. The van der Waals surface area contributed by atoms with Crippen molar-refractivity contribution < 1.29 is 13.9 Å². The van der Waals surface area contributed by atoms with Crippen LogP contribution in [0.25, 0.3) is 0 Å². The largest absolute Gasteiger partial charge is 0.493 e. The summed E-state index contributed by atoms with van der Waals surface area (Å²) in [6.45, 7) is 0. The van der Waals surface area contributed by atoms with E-state index in [1.807, 2.05) is 0 Å². The molecule has 1 heterocycles. The zero-order valence-corrected chi connectivity index (χ0v) is 5.89. The van der Waals surface area contributed by atoms with Gasteiger partial charge in [0.05, 0.1) is 0 Å². The molecule has 3 nitrogen and oxygen atoms in total. The molecule has 0 radical (unpaired) electrons. The lowest BCUT2D eigenvalue weighted by molar-refractivity contribution is 0.0893. The molecule has 0 fully saturated rings. The van der Waals surface area contributed by atoms with Crippen LogP contribution in [0.5, 0.6) is 5.88 Å². The van der Waals surface area contributed by atoms with E-state index >= 15 is 0 Å². The van der Waals surface area contributed by atoms with Crippen molar-refractivity contribution in [2.24, 2.45) is 0 Å². The predicted molar refractivity (Wildman–Crippen MR) is 33.4 cm³/mol. The molecule has 6 heteroatoms. The molecule has 1 rings (SSSR count). The van der Waals surface area contributed by atoms with E-state index in [2.05, 4.69) is 21.6 Å². The lowest BCUT2D eigenvalue weighted by atomic mass is 10.4. The highest BCUT2D eigenvalue weighted by molar-refractivity contribution is 6.21. The Hall–Kier alpha value is -0.970. The number of aromatic hydroxyl groups is 1. The number of aromatic nitrogens is 2. The van der Waals surface area contributed by atoms with Crippen molar-refractivity contribution in [3.8, 4) is 5.88 Å². The van der Waals surface area contributed by atoms with E-state index in [-0.39, 0.29) is 0 Å². The summed E-state index contributed by atoms with van der Waals surface area (Å²) >= 11 is 4.60. The molecular formula is C5H3ClF2N2O. The predicted octanol–water partition coefficient (Wildman–Crippen LogP) is 1.47. The van der Waals surface area contributed by atoms with Crippen molar-refractivity contribution in [2.75, 3.05) is 0 Å². The van der Waals surface area contributed by atoms with Crippen LogP contribution in [0, 0.1) is 0 Å². The molecule has 60 valence electrons. The second kappa shape index (κ2) is 2.58. The third kappa shape index (κ3) is 1.98. The van der Waals surface area contributed by atoms with Gasteiger partial charge < -0.3 is 5.11 Å². The average Bonchev–Trinajstić information content (AvgIpc) is 1.86. The quantitative estimate of drug-likeness (QED) is 0.666. The smallest absolute Gasteiger partial charge is 0.365 e. The van der Waals surface area contributed by atoms with Gasteiger partial charge in [-0.05, 0) is 11.6 Å². The maximum absolute atomic E-state index is 12.2. The molecule has 0 unspecified atom stereocenters. The number of hydrogen-bond donors (Lipinski definition) is 1. The standard InChI is InChI=1S/C5H3ClF2N2O/c6-5(7,8)3-1-4(11)10-2-9-3/h1-2H,(H,9,10,11). The molecule has 0 bridgehead atoms. The summed E-state index contributed by atoms with van der Waals surface area (Å²) < 4.78 is 24.4. The van der Waals surface area contributed by atoms with Crippen molar-refractivity contribution in [1.29, 1.82) is 0 Å². The van der Waals surface area contributed by atoms with Crippen LogP contribution in [0.3, 0.4) is 0 Å². The van der Waals surface area contributed by atoms with Gasteiger partial charge in [0.25, 0.3) is 0 Å². The fourth-order valence-electron chi connectivity index (χ4n) is 0.502. The Kier molecular flexibility index (Phi) is 1.90. The van der Waals surface area contributed by atoms with E-state index in [1.54, 1.807) is 0 Å². The zero-order chi connectivity index (χ0) is 8.48. The monoisotopic (exact) mass is 180 g/mol. The number of rotatable bonds is 1. The lowest BCUT2D eigenvalue weighted by Crippen LogP contribution is -2.05. The van der Waals surface area contributed by atoms with Crippen LogP contribution >= 0.6 is 11.6 Å². The summed E-state index contributed by atoms with van der Waals surface area (Å²) in [5, 5.41) is 5.08. The zero-order valence-electron chi connectivity index (χ0n) is 5.13. The van der Waals surface area contributed by atoms with E-state index in [0.717, 1.165) is 6.33 Å². The Bertz CT molecular complexity index is 263. The lowest BCUT2D eigenvalue weighted by Gasteiger charge is -2.04. The first-order valence-electron chi connectivity index (χ1n) is 2.58. The molecule has 0 amide bonds. The van der Waals surface area contributed by atoms with Gasteiger partial charge in [-0.15, -0.1) is 0 Å². The molecule has 11 heavy (non-hydrogen) atoms. The third-order valence-corrected chi connectivity index (χ3v) is 1.14. The van der Waals surface area contributed by atoms with Crippen molar-refractivity contribution in [1.82, 2.24) is 9.97 Å². The van der Waals surface area contributed by atoms with Gasteiger partial charge in [-0.2, -0.15) is 8.78 Å². The molecule has 0 aliphatic carbocycles.